The van der Waals surface area contributed by atoms with Crippen molar-refractivity contribution in [3.8, 4) is 0 Å². The Morgan fingerprint density at radius 2 is 1.89 bits per heavy atom. The molecule has 0 N–H and O–H groups in total. The fourth-order valence-corrected chi connectivity index (χ4v) is 7.91. The Balaban J connectivity index is 2.08. The molecule has 1 fully saturated rings. The van der Waals surface area contributed by atoms with Gasteiger partial charge < -0.3 is 4.57 Å². The molecule has 3 heterocycles. The molecule has 0 aliphatic carbocycles. The van der Waals surface area contributed by atoms with Crippen molar-refractivity contribution >= 4 is 43.2 Å². The zero-order chi connectivity index (χ0) is 13.1. The van der Waals surface area contributed by atoms with Gasteiger partial charge in [0.15, 0.2) is 23.6 Å². The Morgan fingerprint density at radius 3 is 2.50 bits per heavy atom. The Kier molecular flexibility index (Phi) is 2.75. The van der Waals surface area contributed by atoms with E-state index >= 15 is 0 Å². The second-order valence-corrected chi connectivity index (χ2v) is 10.7. The van der Waals surface area contributed by atoms with Crippen molar-refractivity contribution < 1.29 is 16.8 Å². The lowest BCUT2D eigenvalue weighted by atomic mass is 10.2. The van der Waals surface area contributed by atoms with Crippen LogP contribution in [0.2, 0.25) is 0 Å². The molecule has 1 unspecified atom stereocenters. The van der Waals surface area contributed by atoms with E-state index in [1.807, 2.05) is 0 Å². The van der Waals surface area contributed by atoms with Crippen molar-refractivity contribution in [2.24, 2.45) is 0 Å². The number of hydrogen-bond acceptors (Lipinski definition) is 6. The highest BCUT2D eigenvalue weighted by Gasteiger charge is 2.36. The quantitative estimate of drug-likeness (QED) is 0.722. The highest BCUT2D eigenvalue weighted by molar-refractivity contribution is 7.91. The lowest BCUT2D eigenvalue weighted by Gasteiger charge is -2.12. The second-order valence-electron chi connectivity index (χ2n) is 4.70. The Bertz CT molecular complexity index is 768. The average molecular weight is 325 g/mol. The smallest absolute Gasteiger partial charge is 0.161 e. The van der Waals surface area contributed by atoms with Gasteiger partial charge in [0.2, 0.25) is 0 Å². The molecule has 18 heavy (non-hydrogen) atoms. The standard InChI is InChI=1S/C9H11NO4S4/c11-17(12)2-1-6(3-17)10-7-4-18(13,14)5-8(7)16-9(10)15/h6H,1-5H2. The van der Waals surface area contributed by atoms with E-state index in [-0.39, 0.29) is 29.1 Å². The first-order valence-electron chi connectivity index (χ1n) is 5.41. The maximum absolute atomic E-state index is 11.6. The van der Waals surface area contributed by atoms with Crippen molar-refractivity contribution in [3.63, 3.8) is 0 Å². The van der Waals surface area contributed by atoms with Crippen LogP contribution >= 0.6 is 23.6 Å². The molecular formula is C9H11NO4S4. The highest BCUT2D eigenvalue weighted by atomic mass is 32.2. The number of fused-ring (bicyclic) bond motifs is 1. The summed E-state index contributed by atoms with van der Waals surface area (Å²) < 4.78 is 48.6. The van der Waals surface area contributed by atoms with Gasteiger partial charge in [-0.1, -0.05) is 0 Å². The molecule has 1 atom stereocenters. The number of nitrogens with zero attached hydrogens (tertiary/aromatic N) is 1. The van der Waals surface area contributed by atoms with E-state index in [4.69, 9.17) is 12.2 Å². The van der Waals surface area contributed by atoms with Crippen LogP contribution < -0.4 is 0 Å². The van der Waals surface area contributed by atoms with E-state index in [0.717, 1.165) is 4.88 Å². The van der Waals surface area contributed by atoms with Crippen LogP contribution in [0.5, 0.6) is 0 Å². The molecule has 0 radical (unpaired) electrons. The largest absolute Gasteiger partial charge is 0.322 e. The van der Waals surface area contributed by atoms with Crippen molar-refractivity contribution in [2.45, 2.75) is 24.0 Å². The number of rotatable bonds is 1. The molecule has 0 saturated carbocycles. The molecule has 100 valence electrons. The minimum Gasteiger partial charge on any atom is -0.322 e. The van der Waals surface area contributed by atoms with Gasteiger partial charge in [-0.2, -0.15) is 0 Å². The van der Waals surface area contributed by atoms with Crippen LogP contribution in [0.15, 0.2) is 0 Å². The molecule has 1 aromatic heterocycles. The summed E-state index contributed by atoms with van der Waals surface area (Å²) in [5.74, 6) is 0.274. The van der Waals surface area contributed by atoms with Gasteiger partial charge in [0, 0.05) is 10.6 Å². The number of thiazole rings is 1. The Labute approximate surface area is 114 Å². The van der Waals surface area contributed by atoms with Gasteiger partial charge in [-0.3, -0.25) is 0 Å². The average Bonchev–Trinajstić information content (AvgIpc) is 2.75. The summed E-state index contributed by atoms with van der Waals surface area (Å²) in [6.07, 6.45) is 0.528. The van der Waals surface area contributed by atoms with Crippen LogP contribution in [0.25, 0.3) is 0 Å². The Hall–Kier alpha value is -0.250. The predicted octanol–water partition coefficient (Wildman–Crippen LogP) is 1.07. The Morgan fingerprint density at radius 1 is 1.17 bits per heavy atom. The van der Waals surface area contributed by atoms with Crippen LogP contribution in [0, 0.1) is 3.95 Å². The van der Waals surface area contributed by atoms with E-state index in [0.29, 0.717) is 16.1 Å². The van der Waals surface area contributed by atoms with E-state index < -0.39 is 19.7 Å². The summed E-state index contributed by atoms with van der Waals surface area (Å²) >= 11 is 6.54. The van der Waals surface area contributed by atoms with Crippen LogP contribution in [0.3, 0.4) is 0 Å². The van der Waals surface area contributed by atoms with Crippen molar-refractivity contribution in [2.75, 3.05) is 11.5 Å². The summed E-state index contributed by atoms with van der Waals surface area (Å²) in [6.45, 7) is 0. The summed E-state index contributed by atoms with van der Waals surface area (Å²) in [5.41, 5.74) is 0.715. The number of sulfone groups is 2. The summed E-state index contributed by atoms with van der Waals surface area (Å²) in [5, 5.41) is 0. The van der Waals surface area contributed by atoms with Crippen molar-refractivity contribution in [1.29, 1.82) is 0 Å². The topological polar surface area (TPSA) is 73.2 Å². The monoisotopic (exact) mass is 325 g/mol. The predicted molar refractivity (Wildman–Crippen MR) is 71.8 cm³/mol. The zero-order valence-corrected chi connectivity index (χ0v) is 12.6. The number of aromatic nitrogens is 1. The fraction of sp³-hybridized carbons (Fsp3) is 0.667. The molecule has 5 nitrogen and oxygen atoms in total. The minimum atomic E-state index is -3.07. The third-order valence-electron chi connectivity index (χ3n) is 3.30. The molecule has 2 aliphatic heterocycles. The number of hydrogen-bond donors (Lipinski definition) is 0. The van der Waals surface area contributed by atoms with Crippen LogP contribution in [-0.2, 0) is 31.2 Å². The van der Waals surface area contributed by atoms with Gasteiger partial charge in [0.05, 0.1) is 29.1 Å². The van der Waals surface area contributed by atoms with Crippen molar-refractivity contribution in [1.82, 2.24) is 4.57 Å². The maximum Gasteiger partial charge on any atom is 0.161 e. The fourth-order valence-electron chi connectivity index (χ4n) is 2.53. The molecule has 1 saturated heterocycles. The van der Waals surface area contributed by atoms with E-state index in [2.05, 4.69) is 0 Å². The third kappa shape index (κ3) is 2.06. The van der Waals surface area contributed by atoms with Gasteiger partial charge in [-0.25, -0.2) is 16.8 Å². The van der Waals surface area contributed by atoms with Gasteiger partial charge in [0.25, 0.3) is 0 Å². The summed E-state index contributed by atoms with van der Waals surface area (Å²) in [6, 6.07) is -0.184. The highest BCUT2D eigenvalue weighted by Crippen LogP contribution is 2.36. The summed E-state index contributed by atoms with van der Waals surface area (Å²) in [4.78, 5) is 0.782. The van der Waals surface area contributed by atoms with Crippen LogP contribution in [0.4, 0.5) is 0 Å². The lowest BCUT2D eigenvalue weighted by molar-refractivity contribution is 0.540. The maximum atomic E-state index is 11.6. The van der Waals surface area contributed by atoms with E-state index in [9.17, 15) is 16.8 Å². The first kappa shape index (κ1) is 12.8. The van der Waals surface area contributed by atoms with E-state index in [1.54, 1.807) is 4.57 Å². The third-order valence-corrected chi connectivity index (χ3v) is 8.12. The molecule has 0 amide bonds. The normalized spacial score (nSPS) is 28.3. The van der Waals surface area contributed by atoms with Gasteiger partial charge in [0.1, 0.15) is 0 Å². The SMILES string of the molecule is O=S1(=O)Cc2sc(=S)n(C3CCS(=O)(=O)C3)c2C1. The van der Waals surface area contributed by atoms with E-state index in [1.165, 1.54) is 11.3 Å². The molecule has 0 aromatic carbocycles. The van der Waals surface area contributed by atoms with Crippen molar-refractivity contribution in [3.05, 3.63) is 14.5 Å². The lowest BCUT2D eigenvalue weighted by Crippen LogP contribution is -2.14. The van der Waals surface area contributed by atoms with Gasteiger partial charge >= 0.3 is 0 Å². The molecular weight excluding hydrogens is 314 g/mol. The molecule has 9 heteroatoms. The summed E-state index contributed by atoms with van der Waals surface area (Å²) in [7, 11) is -6.06. The molecule has 3 rings (SSSR count). The zero-order valence-electron chi connectivity index (χ0n) is 9.33. The minimum absolute atomic E-state index is 0.00792. The first-order valence-corrected chi connectivity index (χ1v) is 10.3. The molecule has 2 aliphatic rings. The first-order chi connectivity index (χ1) is 8.27. The second kappa shape index (κ2) is 3.87. The van der Waals surface area contributed by atoms with Gasteiger partial charge in [-0.15, -0.1) is 11.3 Å². The molecule has 1 aromatic rings. The van der Waals surface area contributed by atoms with Crippen LogP contribution in [0.1, 0.15) is 23.0 Å². The molecule has 0 bridgehead atoms. The molecule has 0 spiro atoms. The van der Waals surface area contributed by atoms with Gasteiger partial charge in [-0.05, 0) is 18.6 Å². The van der Waals surface area contributed by atoms with Crippen LogP contribution in [-0.4, -0.2) is 32.9 Å².